The van der Waals surface area contributed by atoms with E-state index >= 15 is 0 Å². The summed E-state index contributed by atoms with van der Waals surface area (Å²) in [6.07, 6.45) is 6.36. The zero-order valence-corrected chi connectivity index (χ0v) is 13.7. The van der Waals surface area contributed by atoms with Crippen LogP contribution in [0.4, 0.5) is 0 Å². The molecule has 0 bridgehead atoms. The molecule has 2 atom stereocenters. The minimum absolute atomic E-state index is 0.121. The standard InChI is InChI=1S/C14H26N2O4S/c1-16(8-9-21(2,19)20)12-4-3-7-14(10-12,13(17)18)15-11-5-6-11/h11-12,15H,3-10H2,1-2H3,(H,17,18). The number of carboxylic acid groups (broad SMARTS) is 1. The van der Waals surface area contributed by atoms with Gasteiger partial charge < -0.3 is 10.0 Å². The van der Waals surface area contributed by atoms with Crippen LogP contribution in [0.1, 0.15) is 38.5 Å². The number of hydrogen-bond donors (Lipinski definition) is 2. The van der Waals surface area contributed by atoms with Crippen LogP contribution in [0.15, 0.2) is 0 Å². The molecule has 2 aliphatic rings. The molecule has 0 aromatic rings. The van der Waals surface area contributed by atoms with E-state index in [0.717, 1.165) is 25.7 Å². The Balaban J connectivity index is 1.99. The predicted octanol–water partition coefficient (Wildman–Crippen LogP) is 0.481. The van der Waals surface area contributed by atoms with Gasteiger partial charge in [0.25, 0.3) is 0 Å². The number of carbonyl (C=O) groups is 1. The van der Waals surface area contributed by atoms with Crippen molar-refractivity contribution in [3.05, 3.63) is 0 Å². The molecular weight excluding hydrogens is 292 g/mol. The number of nitrogens with zero attached hydrogens (tertiary/aromatic N) is 1. The van der Waals surface area contributed by atoms with E-state index in [9.17, 15) is 18.3 Å². The van der Waals surface area contributed by atoms with Crippen molar-refractivity contribution >= 4 is 15.8 Å². The van der Waals surface area contributed by atoms with Gasteiger partial charge in [0, 0.05) is 24.9 Å². The van der Waals surface area contributed by atoms with Gasteiger partial charge in [0.2, 0.25) is 0 Å². The third kappa shape index (κ3) is 4.66. The summed E-state index contributed by atoms with van der Waals surface area (Å²) in [6.45, 7) is 0.461. The summed E-state index contributed by atoms with van der Waals surface area (Å²) >= 11 is 0. The molecule has 2 aliphatic carbocycles. The Morgan fingerprint density at radius 1 is 1.38 bits per heavy atom. The maximum Gasteiger partial charge on any atom is 0.323 e. The number of carboxylic acids is 1. The van der Waals surface area contributed by atoms with Crippen LogP contribution in [0.25, 0.3) is 0 Å². The van der Waals surface area contributed by atoms with Gasteiger partial charge in [0.15, 0.2) is 0 Å². The fourth-order valence-electron chi connectivity index (χ4n) is 3.12. The maximum absolute atomic E-state index is 11.7. The lowest BCUT2D eigenvalue weighted by molar-refractivity contribution is -0.147. The van der Waals surface area contributed by atoms with Crippen molar-refractivity contribution in [2.45, 2.75) is 56.1 Å². The van der Waals surface area contributed by atoms with Crippen LogP contribution in [-0.2, 0) is 14.6 Å². The smallest absolute Gasteiger partial charge is 0.323 e. The molecule has 0 aliphatic heterocycles. The van der Waals surface area contributed by atoms with Crippen LogP contribution in [-0.4, -0.2) is 67.6 Å². The van der Waals surface area contributed by atoms with Crippen molar-refractivity contribution in [3.8, 4) is 0 Å². The Kier molecular flexibility index (Phi) is 4.95. The van der Waals surface area contributed by atoms with Crippen LogP contribution in [0.5, 0.6) is 0 Å². The molecule has 2 rings (SSSR count). The fraction of sp³-hybridized carbons (Fsp3) is 0.929. The van der Waals surface area contributed by atoms with Crippen molar-refractivity contribution in [2.75, 3.05) is 25.6 Å². The summed E-state index contributed by atoms with van der Waals surface area (Å²) in [5.74, 6) is -0.647. The van der Waals surface area contributed by atoms with Crippen molar-refractivity contribution in [1.29, 1.82) is 0 Å². The second kappa shape index (κ2) is 6.22. The predicted molar refractivity (Wildman–Crippen MR) is 81.1 cm³/mol. The van der Waals surface area contributed by atoms with Gasteiger partial charge in [-0.2, -0.15) is 0 Å². The molecule has 2 N–H and O–H groups in total. The molecule has 0 aromatic carbocycles. The van der Waals surface area contributed by atoms with E-state index in [-0.39, 0.29) is 11.8 Å². The van der Waals surface area contributed by atoms with E-state index in [1.165, 1.54) is 6.26 Å². The molecule has 21 heavy (non-hydrogen) atoms. The highest BCUT2D eigenvalue weighted by atomic mass is 32.2. The van der Waals surface area contributed by atoms with E-state index in [1.807, 2.05) is 11.9 Å². The first-order valence-electron chi connectivity index (χ1n) is 7.61. The Morgan fingerprint density at radius 2 is 2.05 bits per heavy atom. The minimum Gasteiger partial charge on any atom is -0.480 e. The first-order valence-corrected chi connectivity index (χ1v) is 9.67. The highest BCUT2D eigenvalue weighted by Crippen LogP contribution is 2.34. The zero-order valence-electron chi connectivity index (χ0n) is 12.8. The van der Waals surface area contributed by atoms with Crippen molar-refractivity contribution in [2.24, 2.45) is 0 Å². The number of hydrogen-bond acceptors (Lipinski definition) is 5. The summed E-state index contributed by atoms with van der Waals surface area (Å²) in [4.78, 5) is 13.8. The number of sulfone groups is 1. The Hall–Kier alpha value is -0.660. The lowest BCUT2D eigenvalue weighted by Gasteiger charge is -2.42. The van der Waals surface area contributed by atoms with Gasteiger partial charge in [-0.1, -0.05) is 0 Å². The summed E-state index contributed by atoms with van der Waals surface area (Å²) in [7, 11) is -1.09. The molecule has 7 heteroatoms. The Labute approximate surface area is 126 Å². The molecule has 0 amide bonds. The molecule has 0 aromatic heterocycles. The largest absolute Gasteiger partial charge is 0.480 e. The molecule has 122 valence electrons. The van der Waals surface area contributed by atoms with Gasteiger partial charge in [-0.3, -0.25) is 10.1 Å². The molecule has 0 spiro atoms. The number of rotatable bonds is 7. The quantitative estimate of drug-likeness (QED) is 0.710. The summed E-state index contributed by atoms with van der Waals surface area (Å²) in [5.41, 5.74) is -0.830. The maximum atomic E-state index is 11.7. The van der Waals surface area contributed by atoms with Crippen molar-refractivity contribution < 1.29 is 18.3 Å². The first kappa shape index (κ1) is 16.7. The summed E-state index contributed by atoms with van der Waals surface area (Å²) in [5, 5.41) is 13.0. The number of aliphatic carboxylic acids is 1. The molecule has 2 unspecified atom stereocenters. The van der Waals surface area contributed by atoms with Gasteiger partial charge in [-0.15, -0.1) is 0 Å². The fourth-order valence-corrected chi connectivity index (χ4v) is 3.74. The third-order valence-electron chi connectivity index (χ3n) is 4.63. The van der Waals surface area contributed by atoms with E-state index < -0.39 is 21.3 Å². The van der Waals surface area contributed by atoms with Crippen LogP contribution >= 0.6 is 0 Å². The van der Waals surface area contributed by atoms with E-state index in [1.54, 1.807) is 0 Å². The highest BCUT2D eigenvalue weighted by molar-refractivity contribution is 7.90. The van der Waals surface area contributed by atoms with Crippen LogP contribution in [0.2, 0.25) is 0 Å². The average molecular weight is 318 g/mol. The first-order chi connectivity index (χ1) is 9.72. The minimum atomic E-state index is -2.99. The van der Waals surface area contributed by atoms with Crippen LogP contribution < -0.4 is 5.32 Å². The topological polar surface area (TPSA) is 86.7 Å². The lowest BCUT2D eigenvalue weighted by atomic mass is 9.78. The molecule has 0 heterocycles. The normalized spacial score (nSPS) is 30.5. The monoisotopic (exact) mass is 318 g/mol. The van der Waals surface area contributed by atoms with E-state index in [4.69, 9.17) is 0 Å². The van der Waals surface area contributed by atoms with Crippen LogP contribution in [0.3, 0.4) is 0 Å². The molecule has 6 nitrogen and oxygen atoms in total. The van der Waals surface area contributed by atoms with Gasteiger partial charge in [-0.25, -0.2) is 8.42 Å². The van der Waals surface area contributed by atoms with E-state index in [2.05, 4.69) is 5.32 Å². The molecule has 2 fully saturated rings. The Morgan fingerprint density at radius 3 is 2.57 bits per heavy atom. The summed E-state index contributed by atoms with van der Waals surface area (Å²) < 4.78 is 22.5. The summed E-state index contributed by atoms with van der Waals surface area (Å²) in [6, 6.07) is 0.476. The SMILES string of the molecule is CN(CCS(C)(=O)=O)C1CCCC(NC2CC2)(C(=O)O)C1. The average Bonchev–Trinajstić information content (AvgIpc) is 3.19. The molecule has 2 saturated carbocycles. The van der Waals surface area contributed by atoms with Gasteiger partial charge in [-0.05, 0) is 45.6 Å². The molecule has 0 saturated heterocycles. The second-order valence-corrected chi connectivity index (χ2v) is 8.93. The molecular formula is C14H26N2O4S. The van der Waals surface area contributed by atoms with Gasteiger partial charge in [0.05, 0.1) is 5.75 Å². The van der Waals surface area contributed by atoms with Gasteiger partial charge in [0.1, 0.15) is 15.4 Å². The highest BCUT2D eigenvalue weighted by Gasteiger charge is 2.46. The van der Waals surface area contributed by atoms with Crippen molar-refractivity contribution in [3.63, 3.8) is 0 Å². The van der Waals surface area contributed by atoms with Crippen molar-refractivity contribution in [1.82, 2.24) is 10.2 Å². The lowest BCUT2D eigenvalue weighted by Crippen LogP contribution is -2.58. The zero-order chi connectivity index (χ0) is 15.7. The Bertz CT molecular complexity index is 489. The van der Waals surface area contributed by atoms with Gasteiger partial charge >= 0.3 is 5.97 Å². The second-order valence-electron chi connectivity index (χ2n) is 6.67. The van der Waals surface area contributed by atoms with Crippen LogP contribution in [0, 0.1) is 0 Å². The third-order valence-corrected chi connectivity index (χ3v) is 5.55. The number of nitrogens with one attached hydrogen (secondary N) is 1. The molecule has 0 radical (unpaired) electrons. The van der Waals surface area contributed by atoms with E-state index in [0.29, 0.717) is 25.4 Å².